The van der Waals surface area contributed by atoms with Crippen LogP contribution in [0.3, 0.4) is 0 Å². The van der Waals surface area contributed by atoms with Crippen LogP contribution in [0.15, 0.2) is 0 Å². The molecule has 2 amide bonds. The van der Waals surface area contributed by atoms with Crippen molar-refractivity contribution in [3.63, 3.8) is 0 Å². The summed E-state index contributed by atoms with van der Waals surface area (Å²) in [6.07, 6.45) is 2.08. The maximum absolute atomic E-state index is 11.9. The lowest BCUT2D eigenvalue weighted by Crippen LogP contribution is -2.53. The summed E-state index contributed by atoms with van der Waals surface area (Å²) in [6.45, 7) is 2.59. The number of rotatable bonds is 4. The van der Waals surface area contributed by atoms with E-state index in [0.717, 1.165) is 19.4 Å². The van der Waals surface area contributed by atoms with Crippen molar-refractivity contribution in [1.82, 2.24) is 10.2 Å². The molecule has 0 radical (unpaired) electrons. The number of nitrogens with zero attached hydrogens (tertiary/aromatic N) is 1. The van der Waals surface area contributed by atoms with E-state index >= 15 is 0 Å². The zero-order chi connectivity index (χ0) is 11.4. The Morgan fingerprint density at radius 3 is 2.93 bits per heavy atom. The lowest BCUT2D eigenvalue weighted by atomic mass is 10.0. The quantitative estimate of drug-likeness (QED) is 0.658. The molecule has 3 N–H and O–H groups in total. The maximum atomic E-state index is 11.9. The highest BCUT2D eigenvalue weighted by Crippen LogP contribution is 2.15. The third-order valence-corrected chi connectivity index (χ3v) is 2.85. The molecule has 1 aliphatic heterocycles. The number of amides is 2. The summed E-state index contributed by atoms with van der Waals surface area (Å²) in [5.74, 6) is -0.278. The first kappa shape index (κ1) is 12.0. The summed E-state index contributed by atoms with van der Waals surface area (Å²) in [5, 5.41) is 2.98. The van der Waals surface area contributed by atoms with E-state index in [9.17, 15) is 9.59 Å². The number of hydrogen-bond donors (Lipinski definition) is 2. The highest BCUT2D eigenvalue weighted by Gasteiger charge is 2.30. The molecule has 0 aliphatic carbocycles. The monoisotopic (exact) mass is 213 g/mol. The van der Waals surface area contributed by atoms with Crippen molar-refractivity contribution < 1.29 is 9.59 Å². The Bertz CT molecular complexity index is 255. The highest BCUT2D eigenvalue weighted by molar-refractivity contribution is 5.83. The Kier molecular flexibility index (Phi) is 4.08. The van der Waals surface area contributed by atoms with E-state index in [1.807, 2.05) is 6.92 Å². The fourth-order valence-electron chi connectivity index (χ4n) is 2.01. The molecule has 0 aromatic heterocycles. The molecule has 1 rings (SSSR count). The molecule has 15 heavy (non-hydrogen) atoms. The second-order valence-electron chi connectivity index (χ2n) is 4.03. The van der Waals surface area contributed by atoms with Crippen molar-refractivity contribution >= 4 is 11.8 Å². The summed E-state index contributed by atoms with van der Waals surface area (Å²) in [4.78, 5) is 24.4. The van der Waals surface area contributed by atoms with Crippen molar-refractivity contribution in [1.29, 1.82) is 0 Å². The molecule has 0 spiro atoms. The number of nitrogens with one attached hydrogen (secondary N) is 1. The first-order valence-corrected chi connectivity index (χ1v) is 5.32. The second kappa shape index (κ2) is 5.11. The van der Waals surface area contributed by atoms with Crippen molar-refractivity contribution in [2.24, 2.45) is 5.73 Å². The minimum Gasteiger partial charge on any atom is -0.370 e. The summed E-state index contributed by atoms with van der Waals surface area (Å²) in [5.41, 5.74) is 5.12. The molecule has 0 bridgehead atoms. The van der Waals surface area contributed by atoms with Gasteiger partial charge in [0.2, 0.25) is 11.8 Å². The lowest BCUT2D eigenvalue weighted by Gasteiger charge is -2.36. The molecule has 1 heterocycles. The van der Waals surface area contributed by atoms with Crippen LogP contribution in [0.4, 0.5) is 0 Å². The van der Waals surface area contributed by atoms with Gasteiger partial charge in [0.15, 0.2) is 0 Å². The fraction of sp³-hybridized carbons (Fsp3) is 0.800. The normalized spacial score (nSPS) is 24.0. The summed E-state index contributed by atoms with van der Waals surface area (Å²) < 4.78 is 0. The van der Waals surface area contributed by atoms with E-state index in [1.54, 1.807) is 11.9 Å². The van der Waals surface area contributed by atoms with Crippen LogP contribution in [-0.2, 0) is 9.59 Å². The van der Waals surface area contributed by atoms with Crippen LogP contribution in [0.2, 0.25) is 0 Å². The van der Waals surface area contributed by atoms with Crippen LogP contribution in [0.25, 0.3) is 0 Å². The van der Waals surface area contributed by atoms with Gasteiger partial charge in [-0.05, 0) is 26.8 Å². The van der Waals surface area contributed by atoms with Crippen LogP contribution in [0.5, 0.6) is 0 Å². The Hall–Kier alpha value is -1.10. The van der Waals surface area contributed by atoms with Gasteiger partial charge >= 0.3 is 0 Å². The Labute approximate surface area is 90.0 Å². The minimum atomic E-state index is -0.359. The van der Waals surface area contributed by atoms with Gasteiger partial charge in [0.25, 0.3) is 0 Å². The number of carbonyl (C=O) groups is 2. The summed E-state index contributed by atoms with van der Waals surface area (Å²) >= 11 is 0. The third kappa shape index (κ3) is 2.92. The average Bonchev–Trinajstić information content (AvgIpc) is 2.17. The maximum Gasteiger partial charge on any atom is 0.239 e. The highest BCUT2D eigenvalue weighted by atomic mass is 16.2. The number of likely N-dealkylation sites (tertiary alicyclic amines) is 1. The van der Waals surface area contributed by atoms with Gasteiger partial charge < -0.3 is 16.0 Å². The van der Waals surface area contributed by atoms with Gasteiger partial charge in [-0.15, -0.1) is 0 Å². The van der Waals surface area contributed by atoms with E-state index in [0.29, 0.717) is 0 Å². The van der Waals surface area contributed by atoms with E-state index in [1.165, 1.54) is 0 Å². The van der Waals surface area contributed by atoms with Crippen molar-refractivity contribution in [2.45, 2.75) is 38.3 Å². The number of hydrogen-bond acceptors (Lipinski definition) is 3. The number of nitrogens with two attached hydrogens (primary N) is 1. The zero-order valence-electron chi connectivity index (χ0n) is 9.32. The van der Waals surface area contributed by atoms with Gasteiger partial charge in [0.1, 0.15) is 0 Å². The molecule has 86 valence electrons. The van der Waals surface area contributed by atoms with Crippen LogP contribution in [-0.4, -0.2) is 42.4 Å². The van der Waals surface area contributed by atoms with Crippen molar-refractivity contribution in [3.8, 4) is 0 Å². The first-order valence-electron chi connectivity index (χ1n) is 5.32. The number of primary amides is 1. The van der Waals surface area contributed by atoms with Crippen molar-refractivity contribution in [2.75, 3.05) is 13.6 Å². The standard InChI is InChI=1S/C10H19N3O2/c1-7(6-9(11)14)13-5-3-4-8(12-2)10(13)15/h7-8,12H,3-6H2,1-2H3,(H2,11,14). The van der Waals surface area contributed by atoms with Crippen LogP contribution in [0, 0.1) is 0 Å². The predicted molar refractivity (Wildman–Crippen MR) is 57.1 cm³/mol. The van der Waals surface area contributed by atoms with E-state index in [4.69, 9.17) is 5.73 Å². The minimum absolute atomic E-state index is 0.0810. The number of piperidine rings is 1. The van der Waals surface area contributed by atoms with Gasteiger partial charge in [-0.25, -0.2) is 0 Å². The summed E-state index contributed by atoms with van der Waals surface area (Å²) in [6, 6.07) is -0.194. The Balaban J connectivity index is 2.60. The molecule has 5 heteroatoms. The molecular formula is C10H19N3O2. The van der Waals surface area contributed by atoms with E-state index < -0.39 is 0 Å². The molecule has 1 fully saturated rings. The first-order chi connectivity index (χ1) is 7.06. The van der Waals surface area contributed by atoms with Gasteiger partial charge in [0, 0.05) is 19.0 Å². The molecule has 1 saturated heterocycles. The molecule has 0 aromatic rings. The molecule has 2 unspecified atom stereocenters. The molecular weight excluding hydrogens is 194 g/mol. The third-order valence-electron chi connectivity index (χ3n) is 2.85. The van der Waals surface area contributed by atoms with Crippen LogP contribution in [0.1, 0.15) is 26.2 Å². The Morgan fingerprint density at radius 2 is 2.40 bits per heavy atom. The molecule has 0 saturated carbocycles. The Morgan fingerprint density at radius 1 is 1.73 bits per heavy atom. The van der Waals surface area contributed by atoms with Crippen LogP contribution < -0.4 is 11.1 Å². The number of likely N-dealkylation sites (N-methyl/N-ethyl adjacent to an activating group) is 1. The van der Waals surface area contributed by atoms with Gasteiger partial charge in [0.05, 0.1) is 6.04 Å². The van der Waals surface area contributed by atoms with E-state index in [2.05, 4.69) is 5.32 Å². The smallest absolute Gasteiger partial charge is 0.239 e. The summed E-state index contributed by atoms with van der Waals surface area (Å²) in [7, 11) is 1.78. The topological polar surface area (TPSA) is 75.4 Å². The average molecular weight is 213 g/mol. The molecule has 0 aromatic carbocycles. The van der Waals surface area contributed by atoms with Crippen LogP contribution >= 0.6 is 0 Å². The molecule has 5 nitrogen and oxygen atoms in total. The van der Waals surface area contributed by atoms with Gasteiger partial charge in [-0.1, -0.05) is 0 Å². The zero-order valence-corrected chi connectivity index (χ0v) is 9.32. The molecule has 2 atom stereocenters. The second-order valence-corrected chi connectivity index (χ2v) is 4.03. The lowest BCUT2D eigenvalue weighted by molar-refractivity contribution is -0.138. The van der Waals surface area contributed by atoms with Crippen molar-refractivity contribution in [3.05, 3.63) is 0 Å². The number of carbonyl (C=O) groups excluding carboxylic acids is 2. The predicted octanol–water partition coefficient (Wildman–Crippen LogP) is -0.539. The largest absolute Gasteiger partial charge is 0.370 e. The van der Waals surface area contributed by atoms with E-state index in [-0.39, 0.29) is 30.3 Å². The van der Waals surface area contributed by atoms with Gasteiger partial charge in [-0.2, -0.15) is 0 Å². The fourth-order valence-corrected chi connectivity index (χ4v) is 2.01. The molecule has 1 aliphatic rings. The van der Waals surface area contributed by atoms with Gasteiger partial charge in [-0.3, -0.25) is 9.59 Å². The SMILES string of the molecule is CNC1CCCN(C(C)CC(N)=O)C1=O.